The number of hydrogen-bond acceptors (Lipinski definition) is 4. The van der Waals surface area contributed by atoms with Crippen molar-refractivity contribution in [2.24, 2.45) is 7.05 Å². The molecule has 1 fully saturated rings. The van der Waals surface area contributed by atoms with Crippen LogP contribution in [0, 0.1) is 0 Å². The number of halogens is 4. The maximum atomic E-state index is 12.7. The van der Waals surface area contributed by atoms with Crippen LogP contribution in [0.1, 0.15) is 30.3 Å². The minimum Gasteiger partial charge on any atom is -0.345 e. The van der Waals surface area contributed by atoms with Gasteiger partial charge in [-0.2, -0.15) is 13.2 Å². The molecule has 3 heterocycles. The van der Waals surface area contributed by atoms with Gasteiger partial charge in [0.2, 0.25) is 0 Å². The summed E-state index contributed by atoms with van der Waals surface area (Å²) in [4.78, 5) is 5.81. The van der Waals surface area contributed by atoms with Gasteiger partial charge in [-0.3, -0.25) is 0 Å². The maximum absolute atomic E-state index is 12.7. The Kier molecular flexibility index (Phi) is 3.72. The third-order valence-corrected chi connectivity index (χ3v) is 4.00. The van der Waals surface area contributed by atoms with E-state index in [-0.39, 0.29) is 11.1 Å². The summed E-state index contributed by atoms with van der Waals surface area (Å²) < 4.78 is 39.9. The summed E-state index contributed by atoms with van der Waals surface area (Å²) in [6.07, 6.45) is -0.341. The average Bonchev–Trinajstić information content (AvgIpc) is 3.05. The van der Waals surface area contributed by atoms with Gasteiger partial charge >= 0.3 is 6.18 Å². The van der Waals surface area contributed by atoms with Crippen LogP contribution >= 0.6 is 11.6 Å². The average molecular weight is 332 g/mol. The van der Waals surface area contributed by atoms with Gasteiger partial charge < -0.3 is 9.47 Å². The number of aromatic nitrogens is 4. The first-order chi connectivity index (χ1) is 10.4. The third kappa shape index (κ3) is 2.63. The van der Waals surface area contributed by atoms with E-state index >= 15 is 0 Å². The lowest BCUT2D eigenvalue weighted by atomic mass is 10.2. The van der Waals surface area contributed by atoms with Crippen molar-refractivity contribution in [1.29, 1.82) is 0 Å². The molecule has 0 aromatic carbocycles. The highest BCUT2D eigenvalue weighted by Crippen LogP contribution is 2.39. The van der Waals surface area contributed by atoms with Crippen LogP contribution in [0.15, 0.2) is 18.6 Å². The minimum atomic E-state index is -4.46. The standard InChI is InChI=1S/C13H13ClF3N5/c1-21-7-19-20-12(21)10-3-2-4-22(10)11-9(14)5-8(6-18-11)13(15,16)17/h5-7,10H,2-4H2,1H3/t10-/m1/s1. The predicted octanol–water partition coefficient (Wildman–Crippen LogP) is 3.22. The molecule has 1 saturated heterocycles. The van der Waals surface area contributed by atoms with Crippen LogP contribution in [0.5, 0.6) is 0 Å². The van der Waals surface area contributed by atoms with E-state index in [4.69, 9.17) is 11.6 Å². The molecule has 3 rings (SSSR count). The second-order valence-electron chi connectivity index (χ2n) is 5.18. The van der Waals surface area contributed by atoms with Crippen molar-refractivity contribution in [2.45, 2.75) is 25.1 Å². The van der Waals surface area contributed by atoms with Crippen LogP contribution in [0.25, 0.3) is 0 Å². The molecule has 1 aliphatic heterocycles. The number of anilines is 1. The van der Waals surface area contributed by atoms with Crippen molar-refractivity contribution in [3.8, 4) is 0 Å². The molecule has 2 aromatic rings. The molecular formula is C13H13ClF3N5. The van der Waals surface area contributed by atoms with Gasteiger partial charge in [0.15, 0.2) is 5.82 Å². The third-order valence-electron chi connectivity index (χ3n) is 3.72. The SMILES string of the molecule is Cn1cnnc1[C@H]1CCCN1c1ncc(C(F)(F)F)cc1Cl. The second kappa shape index (κ2) is 5.42. The molecule has 1 atom stereocenters. The van der Waals surface area contributed by atoms with Gasteiger partial charge in [-0.25, -0.2) is 4.98 Å². The number of pyridine rings is 1. The van der Waals surface area contributed by atoms with Gasteiger partial charge in [-0.05, 0) is 18.9 Å². The normalized spacial score (nSPS) is 19.0. The summed E-state index contributed by atoms with van der Waals surface area (Å²) in [7, 11) is 1.83. The Morgan fingerprint density at radius 1 is 1.36 bits per heavy atom. The highest BCUT2D eigenvalue weighted by molar-refractivity contribution is 6.33. The van der Waals surface area contributed by atoms with E-state index in [1.165, 1.54) is 0 Å². The highest BCUT2D eigenvalue weighted by atomic mass is 35.5. The Labute approximate surface area is 129 Å². The van der Waals surface area contributed by atoms with Crippen LogP contribution in [-0.2, 0) is 13.2 Å². The van der Waals surface area contributed by atoms with Crippen LogP contribution in [0.3, 0.4) is 0 Å². The van der Waals surface area contributed by atoms with Gasteiger partial charge in [0, 0.05) is 19.8 Å². The first kappa shape index (κ1) is 15.1. The van der Waals surface area contributed by atoms with E-state index < -0.39 is 11.7 Å². The molecule has 0 spiro atoms. The van der Waals surface area contributed by atoms with Crippen molar-refractivity contribution in [2.75, 3.05) is 11.4 Å². The largest absolute Gasteiger partial charge is 0.417 e. The molecule has 5 nitrogen and oxygen atoms in total. The van der Waals surface area contributed by atoms with E-state index in [9.17, 15) is 13.2 Å². The zero-order chi connectivity index (χ0) is 15.9. The molecule has 0 bridgehead atoms. The molecule has 0 radical (unpaired) electrons. The highest BCUT2D eigenvalue weighted by Gasteiger charge is 2.35. The predicted molar refractivity (Wildman–Crippen MR) is 74.6 cm³/mol. The molecule has 0 amide bonds. The zero-order valence-corrected chi connectivity index (χ0v) is 12.4. The van der Waals surface area contributed by atoms with Gasteiger partial charge in [0.25, 0.3) is 0 Å². The lowest BCUT2D eigenvalue weighted by Crippen LogP contribution is -2.26. The van der Waals surface area contributed by atoms with Gasteiger partial charge in [0.1, 0.15) is 12.1 Å². The summed E-state index contributed by atoms with van der Waals surface area (Å²) in [6, 6.07) is 0.824. The zero-order valence-electron chi connectivity index (χ0n) is 11.7. The fraction of sp³-hybridized carbons (Fsp3) is 0.462. The fourth-order valence-corrected chi connectivity index (χ4v) is 2.95. The molecule has 22 heavy (non-hydrogen) atoms. The summed E-state index contributed by atoms with van der Waals surface area (Å²) in [5.41, 5.74) is -0.851. The Hall–Kier alpha value is -1.83. The first-order valence-electron chi connectivity index (χ1n) is 6.71. The summed E-state index contributed by atoms with van der Waals surface area (Å²) in [5.74, 6) is 1.09. The van der Waals surface area contributed by atoms with Gasteiger partial charge in [-0.1, -0.05) is 11.6 Å². The Bertz CT molecular complexity index is 685. The topological polar surface area (TPSA) is 46.8 Å². The fourth-order valence-electron chi connectivity index (χ4n) is 2.68. The Morgan fingerprint density at radius 2 is 2.14 bits per heavy atom. The number of aryl methyl sites for hydroxylation is 1. The lowest BCUT2D eigenvalue weighted by Gasteiger charge is -2.26. The van der Waals surface area contributed by atoms with Crippen molar-refractivity contribution in [1.82, 2.24) is 19.7 Å². The lowest BCUT2D eigenvalue weighted by molar-refractivity contribution is -0.137. The number of hydrogen-bond donors (Lipinski definition) is 0. The second-order valence-corrected chi connectivity index (χ2v) is 5.59. The first-order valence-corrected chi connectivity index (χ1v) is 7.09. The molecule has 0 N–H and O–H groups in total. The van der Waals surface area contributed by atoms with Crippen molar-refractivity contribution < 1.29 is 13.2 Å². The molecule has 1 aliphatic rings. The molecular weight excluding hydrogens is 319 g/mol. The smallest absolute Gasteiger partial charge is 0.345 e. The molecule has 9 heteroatoms. The van der Waals surface area contributed by atoms with Crippen LogP contribution in [-0.4, -0.2) is 26.3 Å². The van der Waals surface area contributed by atoms with E-state index in [1.54, 1.807) is 10.9 Å². The van der Waals surface area contributed by atoms with Gasteiger partial charge in [0.05, 0.1) is 16.6 Å². The van der Waals surface area contributed by atoms with Crippen LogP contribution in [0.2, 0.25) is 5.02 Å². The van der Waals surface area contributed by atoms with Gasteiger partial charge in [-0.15, -0.1) is 10.2 Å². The van der Waals surface area contributed by atoms with Crippen molar-refractivity contribution in [3.05, 3.63) is 35.0 Å². The summed E-state index contributed by atoms with van der Waals surface area (Å²) in [5, 5.41) is 7.92. The summed E-state index contributed by atoms with van der Waals surface area (Å²) >= 11 is 6.03. The van der Waals surface area contributed by atoms with Crippen molar-refractivity contribution in [3.63, 3.8) is 0 Å². The molecule has 0 aliphatic carbocycles. The number of alkyl halides is 3. The molecule has 2 aromatic heterocycles. The van der Waals surface area contributed by atoms with Crippen LogP contribution < -0.4 is 4.90 Å². The Morgan fingerprint density at radius 3 is 2.73 bits per heavy atom. The molecule has 118 valence electrons. The van der Waals surface area contributed by atoms with Crippen LogP contribution in [0.4, 0.5) is 19.0 Å². The van der Waals surface area contributed by atoms with E-state index in [0.29, 0.717) is 12.4 Å². The summed E-state index contributed by atoms with van der Waals surface area (Å²) in [6.45, 7) is 0.662. The minimum absolute atomic E-state index is 0.0103. The molecule has 0 saturated carbocycles. The maximum Gasteiger partial charge on any atom is 0.417 e. The number of rotatable bonds is 2. The van der Waals surface area contributed by atoms with E-state index in [1.807, 2.05) is 11.9 Å². The number of nitrogens with zero attached hydrogens (tertiary/aromatic N) is 5. The van der Waals surface area contributed by atoms with E-state index in [0.717, 1.165) is 30.9 Å². The quantitative estimate of drug-likeness (QED) is 0.847. The monoisotopic (exact) mass is 331 g/mol. The Balaban J connectivity index is 1.95. The van der Waals surface area contributed by atoms with E-state index in [2.05, 4.69) is 15.2 Å². The molecule has 0 unspecified atom stereocenters. The van der Waals surface area contributed by atoms with Crippen molar-refractivity contribution >= 4 is 17.4 Å².